The van der Waals surface area contributed by atoms with Crippen molar-refractivity contribution in [2.75, 3.05) is 25.2 Å². The minimum atomic E-state index is 0.386. The molecule has 5 nitrogen and oxygen atoms in total. The molecule has 1 aromatic heterocycles. The number of hydrogen-bond acceptors (Lipinski definition) is 5. The number of rotatable bonds is 7. The van der Waals surface area contributed by atoms with Gasteiger partial charge in [0.1, 0.15) is 0 Å². The number of nitrogens with two attached hydrogens (primary N) is 1. The second kappa shape index (κ2) is 7.40. The van der Waals surface area contributed by atoms with Gasteiger partial charge in [-0.3, -0.25) is 0 Å². The summed E-state index contributed by atoms with van der Waals surface area (Å²) in [7, 11) is 1.71. The Morgan fingerprint density at radius 2 is 2.00 bits per heavy atom. The molecule has 0 radical (unpaired) electrons. The first-order valence-electron chi connectivity index (χ1n) is 6.85. The van der Waals surface area contributed by atoms with Gasteiger partial charge >= 0.3 is 0 Å². The summed E-state index contributed by atoms with van der Waals surface area (Å²) >= 11 is 0. The average Bonchev–Trinajstić information content (AvgIpc) is 2.42. The summed E-state index contributed by atoms with van der Waals surface area (Å²) in [5.74, 6) is 0.900. The van der Waals surface area contributed by atoms with E-state index in [1.54, 1.807) is 7.11 Å². The van der Waals surface area contributed by atoms with Crippen molar-refractivity contribution in [3.8, 4) is 0 Å². The second-order valence-corrected chi connectivity index (χ2v) is 4.86. The smallest absolute Gasteiger partial charge is 0.156 e. The van der Waals surface area contributed by atoms with Crippen molar-refractivity contribution < 1.29 is 4.74 Å². The Labute approximate surface area is 116 Å². The van der Waals surface area contributed by atoms with Gasteiger partial charge < -0.3 is 15.4 Å². The molecular formula is C14H26N4O. The topological polar surface area (TPSA) is 64.3 Å². The van der Waals surface area contributed by atoms with Crippen LogP contribution >= 0.6 is 0 Å². The van der Waals surface area contributed by atoms with Crippen LogP contribution in [0.15, 0.2) is 0 Å². The van der Waals surface area contributed by atoms with E-state index in [-0.39, 0.29) is 0 Å². The van der Waals surface area contributed by atoms with E-state index < -0.39 is 0 Å². The number of aromatic nitrogens is 2. The molecule has 1 heterocycles. The molecule has 0 amide bonds. The zero-order valence-electron chi connectivity index (χ0n) is 12.7. The number of ether oxygens (including phenoxy) is 1. The Balaban J connectivity index is 3.17. The third-order valence-electron chi connectivity index (χ3n) is 3.70. The summed E-state index contributed by atoms with van der Waals surface area (Å²) in [5, 5.41) is 8.62. The Hall–Kier alpha value is -1.20. The fourth-order valence-electron chi connectivity index (χ4n) is 2.06. The van der Waals surface area contributed by atoms with Crippen molar-refractivity contribution in [2.24, 2.45) is 5.73 Å². The average molecular weight is 266 g/mol. The summed E-state index contributed by atoms with van der Waals surface area (Å²) in [6.45, 7) is 10.3. The van der Waals surface area contributed by atoms with Crippen molar-refractivity contribution in [1.29, 1.82) is 0 Å². The molecule has 0 aliphatic heterocycles. The van der Waals surface area contributed by atoms with Crippen LogP contribution in [0, 0.1) is 13.8 Å². The summed E-state index contributed by atoms with van der Waals surface area (Å²) in [6.07, 6.45) is 1.04. The molecule has 0 spiro atoms. The van der Waals surface area contributed by atoms with Crippen LogP contribution < -0.4 is 10.6 Å². The predicted molar refractivity (Wildman–Crippen MR) is 78.4 cm³/mol. The van der Waals surface area contributed by atoms with Gasteiger partial charge in [0.05, 0.1) is 12.3 Å². The Bertz CT molecular complexity index is 409. The molecule has 0 bridgehead atoms. The first-order valence-corrected chi connectivity index (χ1v) is 6.85. The molecule has 0 aliphatic rings. The molecule has 0 aromatic carbocycles. The highest BCUT2D eigenvalue weighted by atomic mass is 16.5. The fraction of sp³-hybridized carbons (Fsp3) is 0.714. The normalized spacial score (nSPS) is 12.5. The summed E-state index contributed by atoms with van der Waals surface area (Å²) in [5.41, 5.74) is 9.07. The molecule has 0 aliphatic carbocycles. The number of hydrogen-bond donors (Lipinski definition) is 1. The third-order valence-corrected chi connectivity index (χ3v) is 3.70. The first-order chi connectivity index (χ1) is 9.06. The van der Waals surface area contributed by atoms with E-state index in [2.05, 4.69) is 35.9 Å². The maximum absolute atomic E-state index is 5.90. The standard InChI is InChI=1S/C14H26N4O/c1-6-10(2)18(7-8-19-5)14-13(9-15)11(3)12(4)16-17-14/h10H,6-9,15H2,1-5H3. The lowest BCUT2D eigenvalue weighted by Crippen LogP contribution is -2.37. The quantitative estimate of drug-likeness (QED) is 0.815. The highest BCUT2D eigenvalue weighted by Gasteiger charge is 2.19. The summed E-state index contributed by atoms with van der Waals surface area (Å²) in [6, 6.07) is 0.386. The highest BCUT2D eigenvalue weighted by Crippen LogP contribution is 2.24. The maximum Gasteiger partial charge on any atom is 0.156 e. The second-order valence-electron chi connectivity index (χ2n) is 4.86. The van der Waals surface area contributed by atoms with Crippen LogP contribution in [0.5, 0.6) is 0 Å². The van der Waals surface area contributed by atoms with Gasteiger partial charge in [0.25, 0.3) is 0 Å². The fourth-order valence-corrected chi connectivity index (χ4v) is 2.06. The van der Waals surface area contributed by atoms with E-state index in [0.29, 0.717) is 19.2 Å². The van der Waals surface area contributed by atoms with Crippen LogP contribution in [0.1, 0.15) is 37.1 Å². The van der Waals surface area contributed by atoms with E-state index in [0.717, 1.165) is 35.6 Å². The molecule has 5 heteroatoms. The van der Waals surface area contributed by atoms with Crippen LogP contribution in [0.25, 0.3) is 0 Å². The van der Waals surface area contributed by atoms with Crippen molar-refractivity contribution in [2.45, 2.75) is 46.7 Å². The zero-order chi connectivity index (χ0) is 14.4. The number of methoxy groups -OCH3 is 1. The maximum atomic E-state index is 5.90. The van der Waals surface area contributed by atoms with Crippen LogP contribution in [-0.4, -0.2) is 36.5 Å². The number of aryl methyl sites for hydroxylation is 1. The monoisotopic (exact) mass is 266 g/mol. The first kappa shape index (κ1) is 15.9. The van der Waals surface area contributed by atoms with Gasteiger partial charge in [-0.15, -0.1) is 5.10 Å². The molecule has 0 saturated carbocycles. The van der Waals surface area contributed by atoms with Gasteiger partial charge in [-0.25, -0.2) is 0 Å². The number of nitrogens with zero attached hydrogens (tertiary/aromatic N) is 3. The lowest BCUT2D eigenvalue weighted by Gasteiger charge is -2.31. The predicted octanol–water partition coefficient (Wildman–Crippen LogP) is 1.80. The molecule has 1 aromatic rings. The minimum Gasteiger partial charge on any atom is -0.383 e. The van der Waals surface area contributed by atoms with E-state index in [1.807, 2.05) is 6.92 Å². The Kier molecular flexibility index (Phi) is 6.18. The Morgan fingerprint density at radius 3 is 2.53 bits per heavy atom. The molecular weight excluding hydrogens is 240 g/mol. The molecule has 108 valence electrons. The van der Waals surface area contributed by atoms with Crippen LogP contribution in [0.3, 0.4) is 0 Å². The van der Waals surface area contributed by atoms with E-state index >= 15 is 0 Å². The lowest BCUT2D eigenvalue weighted by molar-refractivity contribution is 0.203. The van der Waals surface area contributed by atoms with Gasteiger partial charge in [0, 0.05) is 31.8 Å². The van der Waals surface area contributed by atoms with E-state index in [4.69, 9.17) is 10.5 Å². The van der Waals surface area contributed by atoms with Crippen molar-refractivity contribution in [3.05, 3.63) is 16.8 Å². The van der Waals surface area contributed by atoms with E-state index in [1.165, 1.54) is 0 Å². The Morgan fingerprint density at radius 1 is 1.32 bits per heavy atom. The van der Waals surface area contributed by atoms with Crippen molar-refractivity contribution in [1.82, 2.24) is 10.2 Å². The molecule has 1 rings (SSSR count). The largest absolute Gasteiger partial charge is 0.383 e. The van der Waals surface area contributed by atoms with Gasteiger partial charge in [0.15, 0.2) is 5.82 Å². The van der Waals surface area contributed by atoms with E-state index in [9.17, 15) is 0 Å². The van der Waals surface area contributed by atoms with Gasteiger partial charge in [-0.2, -0.15) is 5.10 Å². The van der Waals surface area contributed by atoms with Crippen molar-refractivity contribution >= 4 is 5.82 Å². The third kappa shape index (κ3) is 3.64. The molecule has 0 saturated heterocycles. The molecule has 0 fully saturated rings. The van der Waals surface area contributed by atoms with Gasteiger partial charge in [-0.1, -0.05) is 6.92 Å². The SMILES string of the molecule is CCC(C)N(CCOC)c1nnc(C)c(C)c1CN. The highest BCUT2D eigenvalue weighted by molar-refractivity contribution is 5.51. The molecule has 1 atom stereocenters. The minimum absolute atomic E-state index is 0.386. The van der Waals surface area contributed by atoms with Gasteiger partial charge in [-0.05, 0) is 32.8 Å². The van der Waals surface area contributed by atoms with Crippen LogP contribution in [0.4, 0.5) is 5.82 Å². The van der Waals surface area contributed by atoms with Gasteiger partial charge in [0.2, 0.25) is 0 Å². The zero-order valence-corrected chi connectivity index (χ0v) is 12.7. The van der Waals surface area contributed by atoms with Crippen molar-refractivity contribution in [3.63, 3.8) is 0 Å². The molecule has 1 unspecified atom stereocenters. The van der Waals surface area contributed by atoms with Crippen LogP contribution in [-0.2, 0) is 11.3 Å². The summed E-state index contributed by atoms with van der Waals surface area (Å²) < 4.78 is 5.19. The van der Waals surface area contributed by atoms with Crippen LogP contribution in [0.2, 0.25) is 0 Å². The number of anilines is 1. The lowest BCUT2D eigenvalue weighted by atomic mass is 10.1. The molecule has 2 N–H and O–H groups in total. The molecule has 19 heavy (non-hydrogen) atoms. The summed E-state index contributed by atoms with van der Waals surface area (Å²) in [4.78, 5) is 2.24.